The molecule has 0 spiro atoms. The van der Waals surface area contributed by atoms with Crippen molar-refractivity contribution in [1.82, 2.24) is 0 Å². The second kappa shape index (κ2) is 6.07. The summed E-state index contributed by atoms with van der Waals surface area (Å²) in [7, 11) is 0. The van der Waals surface area contributed by atoms with Crippen molar-refractivity contribution in [3.63, 3.8) is 0 Å². The van der Waals surface area contributed by atoms with Gasteiger partial charge in [0.05, 0.1) is 10.7 Å². The van der Waals surface area contributed by atoms with Gasteiger partial charge in [-0.3, -0.25) is 9.59 Å². The number of carbonyl (C=O) groups excluding carboxylic acids is 2. The second-order valence-electron chi connectivity index (χ2n) is 4.24. The lowest BCUT2D eigenvalue weighted by atomic mass is 10.1. The van der Waals surface area contributed by atoms with E-state index in [1.807, 2.05) is 19.1 Å². The molecule has 1 N–H and O–H groups in total. The molecule has 0 aliphatic heterocycles. The Balaban J connectivity index is 2.25. The highest BCUT2D eigenvalue weighted by molar-refractivity contribution is 6.67. The van der Waals surface area contributed by atoms with E-state index in [1.165, 1.54) is 12.1 Å². The predicted molar refractivity (Wildman–Crippen MR) is 80.8 cm³/mol. The van der Waals surface area contributed by atoms with E-state index in [1.54, 1.807) is 18.2 Å². The molecule has 20 heavy (non-hydrogen) atoms. The minimum atomic E-state index is -0.594. The molecule has 2 aromatic rings. The van der Waals surface area contributed by atoms with E-state index in [2.05, 4.69) is 5.32 Å². The van der Waals surface area contributed by atoms with Crippen molar-refractivity contribution in [2.45, 2.75) is 6.92 Å². The van der Waals surface area contributed by atoms with Crippen LogP contribution in [-0.4, -0.2) is 11.1 Å². The molecule has 0 fully saturated rings. The second-order valence-corrected chi connectivity index (χ2v) is 4.99. The van der Waals surface area contributed by atoms with Crippen molar-refractivity contribution in [3.8, 4) is 0 Å². The van der Waals surface area contributed by atoms with Gasteiger partial charge in [-0.2, -0.15) is 0 Å². The van der Waals surface area contributed by atoms with Crippen molar-refractivity contribution >= 4 is 40.0 Å². The van der Waals surface area contributed by atoms with Gasteiger partial charge < -0.3 is 5.32 Å². The maximum atomic E-state index is 12.1. The maximum absolute atomic E-state index is 12.1. The van der Waals surface area contributed by atoms with Gasteiger partial charge in [0.2, 0.25) is 0 Å². The number of aryl methyl sites for hydroxylation is 1. The summed E-state index contributed by atoms with van der Waals surface area (Å²) < 4.78 is 0. The smallest absolute Gasteiger partial charge is 0.255 e. The number of amides is 1. The zero-order valence-electron chi connectivity index (χ0n) is 10.6. The summed E-state index contributed by atoms with van der Waals surface area (Å²) in [6, 6.07) is 11.7. The fourth-order valence-electron chi connectivity index (χ4n) is 1.76. The van der Waals surface area contributed by atoms with Crippen LogP contribution in [0.15, 0.2) is 42.5 Å². The molecule has 2 rings (SSSR count). The molecule has 3 nitrogen and oxygen atoms in total. The minimum absolute atomic E-state index is 0.255. The zero-order valence-corrected chi connectivity index (χ0v) is 12.1. The van der Waals surface area contributed by atoms with Crippen LogP contribution in [0.2, 0.25) is 5.02 Å². The van der Waals surface area contributed by atoms with Crippen molar-refractivity contribution in [2.24, 2.45) is 0 Å². The molecule has 0 radical (unpaired) electrons. The van der Waals surface area contributed by atoms with Gasteiger partial charge in [-0.25, -0.2) is 0 Å². The first-order valence-electron chi connectivity index (χ1n) is 5.85. The fraction of sp³-hybridized carbons (Fsp3) is 0.0667. The average molecular weight is 308 g/mol. The zero-order chi connectivity index (χ0) is 14.7. The average Bonchev–Trinajstić information content (AvgIpc) is 2.41. The molecule has 0 atom stereocenters. The first-order chi connectivity index (χ1) is 9.49. The third-order valence-electron chi connectivity index (χ3n) is 2.83. The number of hydrogen-bond donors (Lipinski definition) is 1. The van der Waals surface area contributed by atoms with Crippen LogP contribution in [0, 0.1) is 6.92 Å². The highest BCUT2D eigenvalue weighted by atomic mass is 35.5. The first kappa shape index (κ1) is 14.6. The molecular formula is C15H11Cl2NO2. The predicted octanol–water partition coefficient (Wildman–Crippen LogP) is 4.28. The summed E-state index contributed by atoms with van der Waals surface area (Å²) in [6.45, 7) is 1.85. The van der Waals surface area contributed by atoms with E-state index in [9.17, 15) is 9.59 Å². The van der Waals surface area contributed by atoms with Gasteiger partial charge in [0.15, 0.2) is 0 Å². The van der Waals surface area contributed by atoms with Gasteiger partial charge in [0, 0.05) is 11.1 Å². The fourth-order valence-corrected chi connectivity index (χ4v) is 2.10. The molecule has 0 saturated heterocycles. The summed E-state index contributed by atoms with van der Waals surface area (Å²) in [5, 5.41) is 2.38. The van der Waals surface area contributed by atoms with E-state index in [4.69, 9.17) is 23.2 Å². The number of nitrogens with one attached hydrogen (secondary N) is 1. The quantitative estimate of drug-likeness (QED) is 0.860. The molecule has 102 valence electrons. The Morgan fingerprint density at radius 1 is 1.10 bits per heavy atom. The number of carbonyl (C=O) groups is 2. The standard InChI is InChI=1S/C15H11Cl2NO2/c1-9-4-2-3-5-11(9)15(20)18-13-7-6-10(14(17)19)8-12(13)16/h2-8H,1H3,(H,18,20). The lowest BCUT2D eigenvalue weighted by Gasteiger charge is -2.09. The summed E-state index contributed by atoms with van der Waals surface area (Å²) in [4.78, 5) is 23.2. The highest BCUT2D eigenvalue weighted by Gasteiger charge is 2.12. The molecule has 0 heterocycles. The summed E-state index contributed by atoms with van der Waals surface area (Å²) in [5.41, 5.74) is 2.15. The molecule has 0 unspecified atom stereocenters. The Labute approximate surface area is 126 Å². The Morgan fingerprint density at radius 3 is 2.40 bits per heavy atom. The molecule has 0 bridgehead atoms. The van der Waals surface area contributed by atoms with Gasteiger partial charge in [0.25, 0.3) is 11.1 Å². The normalized spacial score (nSPS) is 10.2. The highest BCUT2D eigenvalue weighted by Crippen LogP contribution is 2.24. The maximum Gasteiger partial charge on any atom is 0.255 e. The lowest BCUT2D eigenvalue weighted by Crippen LogP contribution is -2.13. The van der Waals surface area contributed by atoms with Crippen molar-refractivity contribution in [3.05, 3.63) is 64.2 Å². The molecule has 5 heteroatoms. The monoisotopic (exact) mass is 307 g/mol. The van der Waals surface area contributed by atoms with E-state index in [-0.39, 0.29) is 16.5 Å². The Kier molecular flexibility index (Phi) is 4.42. The van der Waals surface area contributed by atoms with Crippen molar-refractivity contribution < 1.29 is 9.59 Å². The Bertz CT molecular complexity index is 683. The number of benzene rings is 2. The van der Waals surface area contributed by atoms with E-state index in [0.29, 0.717) is 11.3 Å². The molecule has 0 aromatic heterocycles. The van der Waals surface area contributed by atoms with Crippen LogP contribution in [-0.2, 0) is 0 Å². The van der Waals surface area contributed by atoms with Gasteiger partial charge in [-0.1, -0.05) is 29.8 Å². The van der Waals surface area contributed by atoms with Gasteiger partial charge in [-0.05, 0) is 48.4 Å². The van der Waals surface area contributed by atoms with Gasteiger partial charge >= 0.3 is 0 Å². The topological polar surface area (TPSA) is 46.2 Å². The lowest BCUT2D eigenvalue weighted by molar-refractivity contribution is 0.102. The number of rotatable bonds is 3. The number of anilines is 1. The third kappa shape index (κ3) is 3.18. The number of halogens is 2. The first-order valence-corrected chi connectivity index (χ1v) is 6.61. The van der Waals surface area contributed by atoms with Crippen LogP contribution in [0.25, 0.3) is 0 Å². The summed E-state index contributed by atoms with van der Waals surface area (Å²) in [6.07, 6.45) is 0. The van der Waals surface area contributed by atoms with E-state index < -0.39 is 5.24 Å². The van der Waals surface area contributed by atoms with Crippen LogP contribution in [0.3, 0.4) is 0 Å². The Morgan fingerprint density at radius 2 is 1.80 bits per heavy atom. The SMILES string of the molecule is Cc1ccccc1C(=O)Nc1ccc(C(=O)Cl)cc1Cl. The minimum Gasteiger partial charge on any atom is -0.321 e. The Hall–Kier alpha value is -1.84. The molecular weight excluding hydrogens is 297 g/mol. The van der Waals surface area contributed by atoms with Crippen LogP contribution < -0.4 is 5.32 Å². The van der Waals surface area contributed by atoms with Gasteiger partial charge in [-0.15, -0.1) is 0 Å². The number of hydrogen-bond acceptors (Lipinski definition) is 2. The molecule has 0 saturated carbocycles. The van der Waals surface area contributed by atoms with Crippen LogP contribution in [0.1, 0.15) is 26.3 Å². The van der Waals surface area contributed by atoms with E-state index >= 15 is 0 Å². The van der Waals surface area contributed by atoms with Gasteiger partial charge in [0.1, 0.15) is 0 Å². The summed E-state index contributed by atoms with van der Waals surface area (Å²) in [5.74, 6) is -0.255. The van der Waals surface area contributed by atoms with Crippen molar-refractivity contribution in [1.29, 1.82) is 0 Å². The van der Waals surface area contributed by atoms with Crippen molar-refractivity contribution in [2.75, 3.05) is 5.32 Å². The molecule has 1 amide bonds. The molecule has 2 aromatic carbocycles. The van der Waals surface area contributed by atoms with Crippen LogP contribution in [0.4, 0.5) is 5.69 Å². The van der Waals surface area contributed by atoms with E-state index in [0.717, 1.165) is 5.56 Å². The van der Waals surface area contributed by atoms with Crippen LogP contribution >= 0.6 is 23.2 Å². The largest absolute Gasteiger partial charge is 0.321 e. The third-order valence-corrected chi connectivity index (χ3v) is 3.36. The molecule has 0 aliphatic carbocycles. The molecule has 0 aliphatic rings. The summed E-state index contributed by atoms with van der Waals surface area (Å²) >= 11 is 11.4. The van der Waals surface area contributed by atoms with Crippen LogP contribution in [0.5, 0.6) is 0 Å².